The molecule has 3 nitrogen and oxygen atoms in total. The molecule has 0 radical (unpaired) electrons. The minimum absolute atomic E-state index is 0.00685. The summed E-state index contributed by atoms with van der Waals surface area (Å²) in [5.41, 5.74) is 0.528. The fraction of sp³-hybridized carbons (Fsp3) is 0.435. The van der Waals surface area contributed by atoms with Gasteiger partial charge in [-0.3, -0.25) is 0 Å². The molecule has 0 spiro atoms. The highest BCUT2D eigenvalue weighted by Crippen LogP contribution is 2.31. The van der Waals surface area contributed by atoms with Gasteiger partial charge in [0, 0.05) is 29.8 Å². The number of ether oxygens (including phenoxy) is 1. The molecular weight excluding hydrogens is 341 g/mol. The van der Waals surface area contributed by atoms with Crippen molar-refractivity contribution in [3.63, 3.8) is 0 Å². The molecule has 0 bridgehead atoms. The Labute approximate surface area is 161 Å². The van der Waals surface area contributed by atoms with Gasteiger partial charge >= 0.3 is 5.97 Å². The number of hydrogen-bond donors (Lipinski definition) is 1. The predicted molar refractivity (Wildman–Crippen MR) is 106 cm³/mol. The normalized spacial score (nSPS) is 21.8. The van der Waals surface area contributed by atoms with Gasteiger partial charge in [0.1, 0.15) is 11.9 Å². The first kappa shape index (κ1) is 19.6. The number of rotatable bonds is 3. The average molecular weight is 369 g/mol. The molecule has 1 aromatic rings. The van der Waals surface area contributed by atoms with Gasteiger partial charge in [-0.1, -0.05) is 42.5 Å². The number of esters is 1. The first-order valence-corrected chi connectivity index (χ1v) is 9.47. The van der Waals surface area contributed by atoms with Crippen LogP contribution in [0.25, 0.3) is 0 Å². The molecule has 2 aliphatic rings. The second-order valence-electron chi connectivity index (χ2n) is 8.75. The van der Waals surface area contributed by atoms with Crippen LogP contribution in [0.1, 0.15) is 62.4 Å². The van der Waals surface area contributed by atoms with Crippen molar-refractivity contribution in [2.45, 2.75) is 63.6 Å². The Morgan fingerprint density at radius 2 is 1.63 bits per heavy atom. The maximum atomic E-state index is 14.6. The maximum absolute atomic E-state index is 14.6. The predicted octanol–water partition coefficient (Wildman–Crippen LogP) is 5.06. The Bertz CT molecular complexity index is 773. The number of nitrogens with one attached hydrogen (secondary N) is 1. The quantitative estimate of drug-likeness (QED) is 0.757. The maximum Gasteiger partial charge on any atom is 0.341 e. The lowest BCUT2D eigenvalue weighted by molar-refractivity contribution is -0.00673. The molecule has 1 N–H and O–H groups in total. The van der Waals surface area contributed by atoms with Crippen LogP contribution in [-0.2, 0) is 4.74 Å². The van der Waals surface area contributed by atoms with Gasteiger partial charge in [-0.25, -0.2) is 9.18 Å². The van der Waals surface area contributed by atoms with E-state index in [2.05, 4.69) is 33.0 Å². The lowest BCUT2D eigenvalue weighted by atomic mass is 9.81. The van der Waals surface area contributed by atoms with Crippen molar-refractivity contribution in [3.05, 3.63) is 71.6 Å². The summed E-state index contributed by atoms with van der Waals surface area (Å²) in [6, 6.07) is 4.75. The molecule has 1 saturated heterocycles. The van der Waals surface area contributed by atoms with Crippen LogP contribution < -0.4 is 5.32 Å². The third-order valence-corrected chi connectivity index (χ3v) is 4.99. The first-order valence-electron chi connectivity index (χ1n) is 9.47. The fourth-order valence-corrected chi connectivity index (χ4v) is 4.21. The van der Waals surface area contributed by atoms with Crippen LogP contribution in [0.2, 0.25) is 0 Å². The molecule has 3 rings (SSSR count). The molecule has 0 saturated carbocycles. The lowest BCUT2D eigenvalue weighted by Gasteiger charge is -2.45. The van der Waals surface area contributed by atoms with E-state index in [1.807, 2.05) is 36.5 Å². The van der Waals surface area contributed by atoms with Crippen LogP contribution in [0.15, 0.2) is 54.7 Å². The number of benzene rings is 1. The van der Waals surface area contributed by atoms with E-state index in [1.165, 1.54) is 12.1 Å². The van der Waals surface area contributed by atoms with Crippen molar-refractivity contribution < 1.29 is 13.9 Å². The Hall–Kier alpha value is -2.20. The largest absolute Gasteiger partial charge is 0.459 e. The molecule has 1 fully saturated rings. The van der Waals surface area contributed by atoms with E-state index >= 15 is 0 Å². The van der Waals surface area contributed by atoms with Crippen LogP contribution in [0.4, 0.5) is 4.39 Å². The van der Waals surface area contributed by atoms with E-state index in [1.54, 1.807) is 6.07 Å². The van der Waals surface area contributed by atoms with Crippen LogP contribution in [-0.4, -0.2) is 23.2 Å². The van der Waals surface area contributed by atoms with Gasteiger partial charge in [-0.15, -0.1) is 0 Å². The Balaban J connectivity index is 1.73. The molecule has 1 heterocycles. The van der Waals surface area contributed by atoms with Crippen LogP contribution >= 0.6 is 0 Å². The highest BCUT2D eigenvalue weighted by Gasteiger charge is 2.39. The minimum Gasteiger partial charge on any atom is -0.459 e. The topological polar surface area (TPSA) is 38.3 Å². The number of carbonyl (C=O) groups excluding carboxylic acids is 1. The molecule has 144 valence electrons. The summed E-state index contributed by atoms with van der Waals surface area (Å²) < 4.78 is 20.3. The smallest absolute Gasteiger partial charge is 0.341 e. The van der Waals surface area contributed by atoms with Gasteiger partial charge in [0.25, 0.3) is 0 Å². The SMILES string of the molecule is CC1(C)CC(OC(=O)c2ccc(C3C=CC=CC=C3)cc2F)CC(C)(C)N1. The number of allylic oxidation sites excluding steroid dienone is 6. The van der Waals surface area contributed by atoms with E-state index in [9.17, 15) is 9.18 Å². The van der Waals surface area contributed by atoms with E-state index in [4.69, 9.17) is 4.74 Å². The summed E-state index contributed by atoms with van der Waals surface area (Å²) in [5.74, 6) is -1.14. The lowest BCUT2D eigenvalue weighted by Crippen LogP contribution is -2.59. The average Bonchev–Trinajstić information content (AvgIpc) is 2.80. The summed E-state index contributed by atoms with van der Waals surface area (Å²) in [5, 5.41) is 3.55. The summed E-state index contributed by atoms with van der Waals surface area (Å²) in [4.78, 5) is 12.6. The Morgan fingerprint density at radius 3 is 2.19 bits per heavy atom. The van der Waals surface area contributed by atoms with Gasteiger partial charge in [-0.2, -0.15) is 0 Å². The molecule has 0 aromatic heterocycles. The highest BCUT2D eigenvalue weighted by atomic mass is 19.1. The molecule has 0 amide bonds. The van der Waals surface area contributed by atoms with E-state index in [-0.39, 0.29) is 28.7 Å². The standard InChI is InChI=1S/C23H28FNO2/c1-22(2)14-18(15-23(3,4)25-22)27-21(26)19-12-11-17(13-20(19)24)16-9-7-5-6-8-10-16/h5-13,16,18,25H,14-15H2,1-4H3. The van der Waals surface area contributed by atoms with Crippen LogP contribution in [0, 0.1) is 5.82 Å². The molecule has 0 atom stereocenters. The number of halogens is 1. The molecule has 4 heteroatoms. The van der Waals surface area contributed by atoms with Gasteiger partial charge in [0.15, 0.2) is 0 Å². The molecular formula is C23H28FNO2. The molecule has 1 aliphatic carbocycles. The number of carbonyl (C=O) groups is 1. The zero-order valence-corrected chi connectivity index (χ0v) is 16.5. The van der Waals surface area contributed by atoms with Gasteiger partial charge < -0.3 is 10.1 Å². The third-order valence-electron chi connectivity index (χ3n) is 4.99. The second kappa shape index (κ2) is 7.43. The van der Waals surface area contributed by atoms with E-state index in [0.29, 0.717) is 12.8 Å². The second-order valence-corrected chi connectivity index (χ2v) is 8.75. The molecule has 27 heavy (non-hydrogen) atoms. The van der Waals surface area contributed by atoms with Crippen molar-refractivity contribution in [3.8, 4) is 0 Å². The summed E-state index contributed by atoms with van der Waals surface area (Å²) >= 11 is 0. The van der Waals surface area contributed by atoms with E-state index in [0.717, 1.165) is 5.56 Å². The van der Waals surface area contributed by atoms with Crippen LogP contribution in [0.5, 0.6) is 0 Å². The number of piperidine rings is 1. The summed E-state index contributed by atoms with van der Waals surface area (Å²) in [6.07, 6.45) is 12.9. The number of hydrogen-bond acceptors (Lipinski definition) is 3. The van der Waals surface area contributed by atoms with Crippen molar-refractivity contribution in [2.24, 2.45) is 0 Å². The van der Waals surface area contributed by atoms with Gasteiger partial charge in [0.2, 0.25) is 0 Å². The van der Waals surface area contributed by atoms with Crippen molar-refractivity contribution in [2.75, 3.05) is 0 Å². The van der Waals surface area contributed by atoms with Crippen molar-refractivity contribution in [1.29, 1.82) is 0 Å². The summed E-state index contributed by atoms with van der Waals surface area (Å²) in [6.45, 7) is 8.36. The summed E-state index contributed by atoms with van der Waals surface area (Å²) in [7, 11) is 0. The zero-order valence-electron chi connectivity index (χ0n) is 16.5. The Morgan fingerprint density at radius 1 is 1.04 bits per heavy atom. The highest BCUT2D eigenvalue weighted by molar-refractivity contribution is 5.90. The monoisotopic (exact) mass is 369 g/mol. The zero-order chi connectivity index (χ0) is 19.7. The van der Waals surface area contributed by atoms with E-state index < -0.39 is 11.8 Å². The minimum atomic E-state index is -0.592. The molecule has 1 aliphatic heterocycles. The fourth-order valence-electron chi connectivity index (χ4n) is 4.21. The van der Waals surface area contributed by atoms with Gasteiger partial charge in [0.05, 0.1) is 5.56 Å². The van der Waals surface area contributed by atoms with Crippen LogP contribution in [0.3, 0.4) is 0 Å². The van der Waals surface area contributed by atoms with Gasteiger partial charge in [-0.05, 0) is 45.4 Å². The Kier molecular flexibility index (Phi) is 5.38. The third kappa shape index (κ3) is 4.95. The molecule has 0 unspecified atom stereocenters. The first-order chi connectivity index (χ1) is 12.7. The van der Waals surface area contributed by atoms with Crippen molar-refractivity contribution in [1.82, 2.24) is 5.32 Å². The van der Waals surface area contributed by atoms with Crippen molar-refractivity contribution >= 4 is 5.97 Å². The molecule has 1 aromatic carbocycles.